The zero-order chi connectivity index (χ0) is 29.8. The third-order valence-electron chi connectivity index (χ3n) is 7.13. The van der Waals surface area contributed by atoms with E-state index in [-0.39, 0.29) is 23.9 Å². The molecule has 2 atom stereocenters. The molecule has 2 aliphatic heterocycles. The van der Waals surface area contributed by atoms with Gasteiger partial charge in [-0.15, -0.1) is 11.8 Å². The van der Waals surface area contributed by atoms with Crippen LogP contribution in [0.5, 0.6) is 0 Å². The quantitative estimate of drug-likeness (QED) is 0.120. The van der Waals surface area contributed by atoms with Crippen LogP contribution in [-0.4, -0.2) is 39.9 Å². The minimum atomic E-state index is -0.715. The van der Waals surface area contributed by atoms with Crippen molar-refractivity contribution in [1.29, 1.82) is 0 Å². The lowest BCUT2D eigenvalue weighted by molar-refractivity contribution is -0.154. The van der Waals surface area contributed by atoms with Crippen LogP contribution in [0.15, 0.2) is 131 Å². The zero-order valence-corrected chi connectivity index (χ0v) is 26.7. The molecule has 1 fully saturated rings. The van der Waals surface area contributed by atoms with Crippen LogP contribution in [-0.2, 0) is 25.5 Å². The number of carbonyl (C=O) groups excluding carboxylic acids is 3. The number of nitrogens with zero attached hydrogens (tertiary/aromatic N) is 1. The van der Waals surface area contributed by atoms with Gasteiger partial charge in [0.2, 0.25) is 5.91 Å². The summed E-state index contributed by atoms with van der Waals surface area (Å²) in [6, 6.07) is 35.9. The molecule has 2 aliphatic rings. The highest BCUT2D eigenvalue weighted by Crippen LogP contribution is 2.46. The molecule has 43 heavy (non-hydrogen) atoms. The van der Waals surface area contributed by atoms with E-state index in [1.165, 1.54) is 28.4 Å². The van der Waals surface area contributed by atoms with Crippen molar-refractivity contribution in [2.24, 2.45) is 0 Å². The number of carbonyl (C=O) groups is 3. The second kappa shape index (κ2) is 13.4. The fraction of sp³-hybridized carbons (Fsp3) is 0.147. The molecular formula is C34H27IN2O4S2. The maximum atomic E-state index is 14.1. The molecule has 6 nitrogen and oxygen atoms in total. The largest absolute Gasteiger partial charge is 0.448 e. The fourth-order valence-corrected chi connectivity index (χ4v) is 7.89. The Hall–Kier alpha value is -3.54. The molecule has 4 aromatic carbocycles. The Kier molecular flexibility index (Phi) is 9.20. The summed E-state index contributed by atoms with van der Waals surface area (Å²) >= 11 is 5.25. The third kappa shape index (κ3) is 6.68. The van der Waals surface area contributed by atoms with E-state index in [0.717, 1.165) is 30.1 Å². The number of nitrogens with one attached hydrogen (secondary N) is 1. The summed E-state index contributed by atoms with van der Waals surface area (Å²) in [5.41, 5.74) is 2.77. The first-order valence-electron chi connectivity index (χ1n) is 13.7. The Morgan fingerprint density at radius 2 is 1.47 bits per heavy atom. The van der Waals surface area contributed by atoms with Gasteiger partial charge in [-0.05, 0) is 63.5 Å². The van der Waals surface area contributed by atoms with E-state index >= 15 is 0 Å². The lowest BCUT2D eigenvalue weighted by Crippen LogP contribution is -2.70. The predicted molar refractivity (Wildman–Crippen MR) is 178 cm³/mol. The number of fused-ring (bicyclic) bond motifs is 1. The predicted octanol–water partition coefficient (Wildman–Crippen LogP) is 6.57. The van der Waals surface area contributed by atoms with Crippen molar-refractivity contribution < 1.29 is 19.1 Å². The van der Waals surface area contributed by atoms with Crippen LogP contribution in [0.1, 0.15) is 22.8 Å². The molecule has 1 saturated heterocycles. The second-order valence-electron chi connectivity index (χ2n) is 10.1. The maximum Gasteiger partial charge on any atom is 0.356 e. The van der Waals surface area contributed by atoms with Crippen LogP contribution < -0.4 is 5.32 Å². The Balaban J connectivity index is 1.29. The topological polar surface area (TPSA) is 75.7 Å². The maximum absolute atomic E-state index is 14.1. The molecule has 0 bridgehead atoms. The van der Waals surface area contributed by atoms with Crippen LogP contribution >= 0.6 is 46.1 Å². The average molecular weight is 719 g/mol. The fourth-order valence-electron chi connectivity index (χ4n) is 5.06. The van der Waals surface area contributed by atoms with Crippen molar-refractivity contribution in [3.05, 3.63) is 146 Å². The van der Waals surface area contributed by atoms with Crippen molar-refractivity contribution in [1.82, 2.24) is 10.2 Å². The van der Waals surface area contributed by atoms with E-state index in [1.54, 1.807) is 0 Å². The number of halogens is 1. The number of β-lactam (4-membered cyclic amide) rings is 1. The van der Waals surface area contributed by atoms with Gasteiger partial charge in [-0.25, -0.2) is 4.79 Å². The molecule has 2 heterocycles. The lowest BCUT2D eigenvalue weighted by Gasteiger charge is -2.49. The molecule has 0 unspecified atom stereocenters. The van der Waals surface area contributed by atoms with Crippen LogP contribution in [0.25, 0.3) is 0 Å². The number of esters is 1. The molecule has 0 aliphatic carbocycles. The van der Waals surface area contributed by atoms with Gasteiger partial charge in [0.05, 0.1) is 6.42 Å². The Morgan fingerprint density at radius 3 is 2.07 bits per heavy atom. The molecule has 216 valence electrons. The molecule has 0 spiro atoms. The number of hydrogen-bond donors (Lipinski definition) is 1. The van der Waals surface area contributed by atoms with E-state index in [9.17, 15) is 14.4 Å². The Morgan fingerprint density at radius 1 is 0.884 bits per heavy atom. The number of amides is 2. The van der Waals surface area contributed by atoms with E-state index in [2.05, 4.69) is 27.9 Å². The molecule has 1 N–H and O–H groups in total. The Bertz CT molecular complexity index is 1610. The highest BCUT2D eigenvalue weighted by molar-refractivity contribution is 14.1. The van der Waals surface area contributed by atoms with Crippen LogP contribution in [0, 0.1) is 3.57 Å². The van der Waals surface area contributed by atoms with Gasteiger partial charge >= 0.3 is 5.97 Å². The molecule has 2 amide bonds. The molecule has 0 radical (unpaired) electrons. The first-order valence-corrected chi connectivity index (χ1v) is 16.7. The standard InChI is InChI=1S/C34H27IN2O4S2/c35-25-16-18-26(19-17-25)43-27-21-42-33-29(36-28(38)20-22-10-4-1-5-11-22)32(39)37(33)30(27)34(40)41-31(23-12-6-2-7-13-23)24-14-8-3-9-15-24/h1-19,29,31,33H,20-21H2,(H,36,38)/t29-,33-/m1/s1. The van der Waals surface area contributed by atoms with Crippen molar-refractivity contribution >= 4 is 63.9 Å². The van der Waals surface area contributed by atoms with E-state index in [0.29, 0.717) is 5.75 Å². The minimum Gasteiger partial charge on any atom is -0.448 e. The smallest absolute Gasteiger partial charge is 0.356 e. The summed E-state index contributed by atoms with van der Waals surface area (Å²) in [6.07, 6.45) is -0.478. The Labute approximate surface area is 272 Å². The van der Waals surface area contributed by atoms with Gasteiger partial charge in [-0.3, -0.25) is 14.5 Å². The molecular weight excluding hydrogens is 691 g/mol. The first kappa shape index (κ1) is 29.5. The normalized spacial score (nSPS) is 17.7. The van der Waals surface area contributed by atoms with E-state index < -0.39 is 23.5 Å². The lowest BCUT2D eigenvalue weighted by atomic mass is 10.0. The van der Waals surface area contributed by atoms with Crippen LogP contribution in [0.2, 0.25) is 0 Å². The van der Waals surface area contributed by atoms with Crippen molar-refractivity contribution in [3.63, 3.8) is 0 Å². The summed E-state index contributed by atoms with van der Waals surface area (Å²) in [5.74, 6) is -0.618. The van der Waals surface area contributed by atoms with Crippen molar-refractivity contribution in [3.8, 4) is 0 Å². The number of benzene rings is 4. The molecule has 0 aromatic heterocycles. The van der Waals surface area contributed by atoms with Gasteiger partial charge in [0.25, 0.3) is 5.91 Å². The highest BCUT2D eigenvalue weighted by Gasteiger charge is 2.54. The van der Waals surface area contributed by atoms with Gasteiger partial charge in [-0.1, -0.05) is 103 Å². The SMILES string of the molecule is O=C(Cc1ccccc1)N[C@@H]1C(=O)N2C(C(=O)OC(c3ccccc3)c3ccccc3)=C(Sc3ccc(I)cc3)CS[C@H]12. The van der Waals surface area contributed by atoms with Crippen molar-refractivity contribution in [2.45, 2.75) is 28.8 Å². The number of ether oxygens (including phenoxy) is 1. The van der Waals surface area contributed by atoms with Crippen LogP contribution in [0.3, 0.4) is 0 Å². The van der Waals surface area contributed by atoms with Gasteiger partial charge in [0, 0.05) is 19.1 Å². The second-order valence-corrected chi connectivity index (χ2v) is 13.6. The summed E-state index contributed by atoms with van der Waals surface area (Å²) in [4.78, 5) is 43.8. The molecule has 0 saturated carbocycles. The summed E-state index contributed by atoms with van der Waals surface area (Å²) in [5, 5.41) is 2.50. The number of hydrogen-bond acceptors (Lipinski definition) is 6. The summed E-state index contributed by atoms with van der Waals surface area (Å²) in [7, 11) is 0. The molecule has 4 aromatic rings. The number of thioether (sulfide) groups is 2. The van der Waals surface area contributed by atoms with Gasteiger partial charge in [0.1, 0.15) is 17.1 Å². The van der Waals surface area contributed by atoms with Crippen molar-refractivity contribution in [2.75, 3.05) is 5.75 Å². The van der Waals surface area contributed by atoms with E-state index in [1.807, 2.05) is 115 Å². The number of rotatable bonds is 9. The van der Waals surface area contributed by atoms with Crippen LogP contribution in [0.4, 0.5) is 0 Å². The molecule has 9 heteroatoms. The molecule has 6 rings (SSSR count). The van der Waals surface area contributed by atoms with Gasteiger partial charge in [0.15, 0.2) is 6.10 Å². The van der Waals surface area contributed by atoms with Gasteiger partial charge < -0.3 is 10.1 Å². The van der Waals surface area contributed by atoms with E-state index in [4.69, 9.17) is 4.74 Å². The van der Waals surface area contributed by atoms with Gasteiger partial charge in [-0.2, -0.15) is 0 Å². The summed E-state index contributed by atoms with van der Waals surface area (Å²) in [6.45, 7) is 0. The zero-order valence-electron chi connectivity index (χ0n) is 22.9. The summed E-state index contributed by atoms with van der Waals surface area (Å²) < 4.78 is 7.35. The monoisotopic (exact) mass is 718 g/mol. The highest BCUT2D eigenvalue weighted by atomic mass is 127. The minimum absolute atomic E-state index is 0.177. The third-order valence-corrected chi connectivity index (χ3v) is 10.4. The first-order chi connectivity index (χ1) is 21.0. The average Bonchev–Trinajstić information content (AvgIpc) is 3.04.